The van der Waals surface area contributed by atoms with E-state index in [9.17, 15) is 9.90 Å². The summed E-state index contributed by atoms with van der Waals surface area (Å²) in [5.41, 5.74) is -0.476. The van der Waals surface area contributed by atoms with Gasteiger partial charge < -0.3 is 20.1 Å². The zero-order valence-electron chi connectivity index (χ0n) is 16.6. The van der Waals surface area contributed by atoms with Gasteiger partial charge in [-0.15, -0.1) is 10.2 Å². The van der Waals surface area contributed by atoms with Crippen molar-refractivity contribution >= 4 is 17.5 Å². The summed E-state index contributed by atoms with van der Waals surface area (Å²) < 4.78 is 8.12. The lowest BCUT2D eigenvalue weighted by Gasteiger charge is -2.53. The number of aliphatic hydroxyl groups excluding tert-OH is 1. The molecule has 0 radical (unpaired) electrons. The van der Waals surface area contributed by atoms with Crippen molar-refractivity contribution in [3.63, 3.8) is 0 Å². The number of fused-ring (bicyclic) bond motifs is 1. The maximum atomic E-state index is 12.2. The van der Waals surface area contributed by atoms with Crippen LogP contribution in [0, 0.1) is 0 Å². The maximum Gasteiger partial charge on any atom is 0.231 e. The minimum atomic E-state index is -0.744. The second-order valence-electron chi connectivity index (χ2n) is 8.20. The van der Waals surface area contributed by atoms with Crippen molar-refractivity contribution in [2.24, 2.45) is 0 Å². The van der Waals surface area contributed by atoms with Crippen molar-refractivity contribution in [2.45, 2.75) is 63.2 Å². The number of hydrogen-bond donors (Lipinski definition) is 2. The van der Waals surface area contributed by atoms with Crippen LogP contribution in [0.15, 0.2) is 24.4 Å². The van der Waals surface area contributed by atoms with E-state index in [1.54, 1.807) is 0 Å². The van der Waals surface area contributed by atoms with Gasteiger partial charge in [0.25, 0.3) is 0 Å². The molecule has 4 heterocycles. The van der Waals surface area contributed by atoms with Gasteiger partial charge in [-0.2, -0.15) is 0 Å². The van der Waals surface area contributed by atoms with E-state index in [4.69, 9.17) is 4.74 Å². The van der Waals surface area contributed by atoms with E-state index < -0.39 is 17.2 Å². The number of nitrogens with zero attached hydrogens (tertiary/aromatic N) is 4. The van der Waals surface area contributed by atoms with Gasteiger partial charge in [-0.3, -0.25) is 9.20 Å². The molecule has 2 aliphatic heterocycles. The van der Waals surface area contributed by atoms with Crippen LogP contribution >= 0.6 is 0 Å². The molecule has 0 saturated carbocycles. The predicted octanol–water partition coefficient (Wildman–Crippen LogP) is 1.52. The Hall–Kier alpha value is -2.19. The van der Waals surface area contributed by atoms with Crippen LogP contribution in [-0.2, 0) is 9.53 Å². The summed E-state index contributed by atoms with van der Waals surface area (Å²) in [7, 11) is 0. The highest BCUT2D eigenvalue weighted by molar-refractivity contribution is 5.76. The lowest BCUT2D eigenvalue weighted by atomic mass is 9.73. The predicted molar refractivity (Wildman–Crippen MR) is 105 cm³/mol. The average Bonchev–Trinajstić information content (AvgIpc) is 3.11. The van der Waals surface area contributed by atoms with Gasteiger partial charge >= 0.3 is 0 Å². The molecule has 2 fully saturated rings. The van der Waals surface area contributed by atoms with E-state index in [1.165, 1.54) is 0 Å². The monoisotopic (exact) mass is 387 g/mol. The number of carbonyl (C=O) groups is 1. The molecule has 2 aromatic heterocycles. The molecule has 152 valence electrons. The number of aliphatic hydroxyl groups is 1. The van der Waals surface area contributed by atoms with Gasteiger partial charge in [0.2, 0.25) is 11.9 Å². The van der Waals surface area contributed by atoms with E-state index in [0.717, 1.165) is 18.0 Å². The quantitative estimate of drug-likeness (QED) is 0.827. The van der Waals surface area contributed by atoms with Gasteiger partial charge in [0, 0.05) is 32.3 Å². The first-order valence-corrected chi connectivity index (χ1v) is 10.2. The summed E-state index contributed by atoms with van der Waals surface area (Å²) in [5, 5.41) is 22.9. The summed E-state index contributed by atoms with van der Waals surface area (Å²) >= 11 is 0. The molecule has 2 aliphatic rings. The first kappa shape index (κ1) is 19.1. The molecular weight excluding hydrogens is 358 g/mol. The average molecular weight is 387 g/mol. The van der Waals surface area contributed by atoms with E-state index in [-0.39, 0.29) is 5.91 Å². The number of amides is 1. The fraction of sp³-hybridized carbons (Fsp3) is 0.650. The number of ether oxygens (including phenoxy) is 1. The molecule has 2 saturated heterocycles. The van der Waals surface area contributed by atoms with Crippen LogP contribution in [0.4, 0.5) is 5.95 Å². The number of carbonyl (C=O) groups excluding carboxylic acids is 1. The lowest BCUT2D eigenvalue weighted by Crippen LogP contribution is -2.69. The summed E-state index contributed by atoms with van der Waals surface area (Å²) in [6.45, 7) is 5.88. The molecule has 0 unspecified atom stereocenters. The second-order valence-corrected chi connectivity index (χ2v) is 8.20. The van der Waals surface area contributed by atoms with Gasteiger partial charge in [0.1, 0.15) is 6.10 Å². The third kappa shape index (κ3) is 3.24. The van der Waals surface area contributed by atoms with E-state index in [0.29, 0.717) is 45.4 Å². The Kier molecular flexibility index (Phi) is 5.01. The zero-order valence-corrected chi connectivity index (χ0v) is 16.6. The number of pyridine rings is 1. The molecule has 0 aliphatic carbocycles. The van der Waals surface area contributed by atoms with E-state index in [2.05, 4.69) is 20.4 Å². The fourth-order valence-corrected chi connectivity index (χ4v) is 4.55. The molecule has 8 nitrogen and oxygen atoms in total. The molecule has 8 heteroatoms. The van der Waals surface area contributed by atoms with Gasteiger partial charge in [-0.25, -0.2) is 0 Å². The van der Waals surface area contributed by atoms with Crippen molar-refractivity contribution in [2.75, 3.05) is 24.6 Å². The van der Waals surface area contributed by atoms with Crippen molar-refractivity contribution < 1.29 is 14.6 Å². The van der Waals surface area contributed by atoms with Crippen LogP contribution < -0.4 is 10.2 Å². The highest BCUT2D eigenvalue weighted by atomic mass is 16.5. The topological polar surface area (TPSA) is 92.0 Å². The molecule has 1 spiro atoms. The van der Waals surface area contributed by atoms with Gasteiger partial charge in [-0.1, -0.05) is 13.0 Å². The third-order valence-corrected chi connectivity index (χ3v) is 6.20. The standard InChI is InChI=1S/C20H29N5O3/c1-3-6-16(26)21-19(2)10-14-28-20(17(19)27)8-12-24(13-9-20)18-23-22-15-7-4-5-11-25(15)18/h4-5,7,11,17,27H,3,6,8-10,12-14H2,1-2H3,(H,21,26)/t17-,19+/m1/s1. The number of aromatic nitrogens is 3. The number of rotatable bonds is 4. The van der Waals surface area contributed by atoms with Crippen LogP contribution in [0.1, 0.15) is 46.0 Å². The number of anilines is 1. The molecule has 0 bridgehead atoms. The molecule has 1 amide bonds. The Bertz CT molecular complexity index is 845. The first-order valence-electron chi connectivity index (χ1n) is 10.2. The smallest absolute Gasteiger partial charge is 0.231 e. The number of hydrogen-bond acceptors (Lipinski definition) is 6. The molecule has 0 aromatic carbocycles. The Morgan fingerprint density at radius 1 is 1.32 bits per heavy atom. The van der Waals surface area contributed by atoms with Crippen LogP contribution in [-0.4, -0.2) is 62.6 Å². The highest BCUT2D eigenvalue weighted by Crippen LogP contribution is 2.40. The van der Waals surface area contributed by atoms with Gasteiger partial charge in [-0.05, 0) is 44.7 Å². The largest absolute Gasteiger partial charge is 0.388 e. The summed E-state index contributed by atoms with van der Waals surface area (Å²) in [4.78, 5) is 14.4. The normalized spacial score (nSPS) is 27.2. The van der Waals surface area contributed by atoms with E-state index >= 15 is 0 Å². The number of piperidine rings is 1. The van der Waals surface area contributed by atoms with Crippen molar-refractivity contribution in [1.29, 1.82) is 0 Å². The van der Waals surface area contributed by atoms with Gasteiger partial charge in [0.15, 0.2) is 5.65 Å². The SMILES string of the molecule is CCCC(=O)N[C@@]1(C)CCOC2(CCN(c3nnc4ccccn34)CC2)[C@@H]1O. The third-order valence-electron chi connectivity index (χ3n) is 6.20. The van der Waals surface area contributed by atoms with Crippen LogP contribution in [0.5, 0.6) is 0 Å². The number of nitrogens with one attached hydrogen (secondary N) is 1. The molecule has 2 atom stereocenters. The van der Waals surface area contributed by atoms with Crippen molar-refractivity contribution in [3.05, 3.63) is 24.4 Å². The van der Waals surface area contributed by atoms with Gasteiger partial charge in [0.05, 0.1) is 11.1 Å². The minimum absolute atomic E-state index is 0.00605. The van der Waals surface area contributed by atoms with Crippen LogP contribution in [0.25, 0.3) is 5.65 Å². The lowest BCUT2D eigenvalue weighted by molar-refractivity contribution is -0.198. The minimum Gasteiger partial charge on any atom is -0.388 e. The van der Waals surface area contributed by atoms with E-state index in [1.807, 2.05) is 42.6 Å². The van der Waals surface area contributed by atoms with Crippen molar-refractivity contribution in [1.82, 2.24) is 19.9 Å². The molecule has 28 heavy (non-hydrogen) atoms. The Labute approximate surface area is 164 Å². The maximum absolute atomic E-state index is 12.2. The summed E-state index contributed by atoms with van der Waals surface area (Å²) in [5.74, 6) is 0.809. The first-order chi connectivity index (χ1) is 13.5. The van der Waals surface area contributed by atoms with Crippen LogP contribution in [0.2, 0.25) is 0 Å². The summed E-state index contributed by atoms with van der Waals surface area (Å²) in [6.07, 6.45) is 4.45. The Morgan fingerprint density at radius 2 is 2.11 bits per heavy atom. The molecular formula is C20H29N5O3. The van der Waals surface area contributed by atoms with Crippen LogP contribution in [0.3, 0.4) is 0 Å². The second kappa shape index (κ2) is 7.33. The summed E-state index contributed by atoms with van der Waals surface area (Å²) in [6, 6.07) is 5.84. The fourth-order valence-electron chi connectivity index (χ4n) is 4.55. The molecule has 2 N–H and O–H groups in total. The Morgan fingerprint density at radius 3 is 2.86 bits per heavy atom. The Balaban J connectivity index is 1.49. The molecule has 4 rings (SSSR count). The highest BCUT2D eigenvalue weighted by Gasteiger charge is 2.54. The zero-order chi connectivity index (χ0) is 19.8. The molecule has 2 aromatic rings. The van der Waals surface area contributed by atoms with Crippen molar-refractivity contribution in [3.8, 4) is 0 Å².